The van der Waals surface area contributed by atoms with Gasteiger partial charge in [-0.15, -0.1) is 0 Å². The van der Waals surface area contributed by atoms with Crippen LogP contribution >= 0.6 is 0 Å². The van der Waals surface area contributed by atoms with Gasteiger partial charge in [-0.1, -0.05) is 0 Å². The lowest BCUT2D eigenvalue weighted by molar-refractivity contribution is -0.0474. The molecule has 1 aliphatic rings. The van der Waals surface area contributed by atoms with E-state index in [1.807, 2.05) is 6.92 Å². The van der Waals surface area contributed by atoms with Crippen LogP contribution in [0.3, 0.4) is 0 Å². The second kappa shape index (κ2) is 5.67. The number of halogens is 1. The highest BCUT2D eigenvalue weighted by Gasteiger charge is 2.38. The molecule has 100 valence electrons. The van der Waals surface area contributed by atoms with E-state index in [1.165, 1.54) is 13.2 Å². The maximum atomic E-state index is 13.9. The van der Waals surface area contributed by atoms with Crippen LogP contribution in [0.1, 0.15) is 31.4 Å². The smallest absolute Gasteiger partial charge is 0.132 e. The molecule has 0 aliphatic heterocycles. The first-order valence-electron chi connectivity index (χ1n) is 6.30. The van der Waals surface area contributed by atoms with Gasteiger partial charge in [-0.2, -0.15) is 0 Å². The van der Waals surface area contributed by atoms with Crippen LogP contribution in [0.15, 0.2) is 18.2 Å². The Morgan fingerprint density at radius 3 is 2.67 bits per heavy atom. The minimum Gasteiger partial charge on any atom is -0.497 e. The van der Waals surface area contributed by atoms with E-state index in [4.69, 9.17) is 9.47 Å². The molecule has 0 saturated heterocycles. The molecule has 0 aromatic heterocycles. The predicted octanol–water partition coefficient (Wildman–Crippen LogP) is 2.68. The molecule has 1 aromatic rings. The highest BCUT2D eigenvalue weighted by atomic mass is 19.1. The van der Waals surface area contributed by atoms with Crippen LogP contribution in [-0.4, -0.2) is 24.9 Å². The van der Waals surface area contributed by atoms with Crippen molar-refractivity contribution in [1.29, 1.82) is 0 Å². The molecule has 0 amide bonds. The summed E-state index contributed by atoms with van der Waals surface area (Å²) >= 11 is 0. The molecule has 1 aromatic carbocycles. The van der Waals surface area contributed by atoms with Crippen molar-refractivity contribution >= 4 is 0 Å². The van der Waals surface area contributed by atoms with Gasteiger partial charge in [0.25, 0.3) is 0 Å². The number of hydrogen-bond acceptors (Lipinski definition) is 3. The van der Waals surface area contributed by atoms with Gasteiger partial charge in [-0.3, -0.25) is 0 Å². The molecule has 2 rings (SSSR count). The third kappa shape index (κ3) is 2.82. The SMILES string of the molecule is CCOC(C1CC1)C(O)c1ccc(OC)cc1F. The molecule has 1 saturated carbocycles. The zero-order valence-corrected chi connectivity index (χ0v) is 10.7. The number of benzene rings is 1. The van der Waals surface area contributed by atoms with Crippen molar-refractivity contribution in [2.45, 2.75) is 32.0 Å². The first kappa shape index (κ1) is 13.3. The molecular weight excluding hydrogens is 235 g/mol. The van der Waals surface area contributed by atoms with Gasteiger partial charge in [-0.05, 0) is 37.8 Å². The van der Waals surface area contributed by atoms with Gasteiger partial charge >= 0.3 is 0 Å². The maximum absolute atomic E-state index is 13.9. The first-order chi connectivity index (χ1) is 8.67. The van der Waals surface area contributed by atoms with E-state index in [0.29, 0.717) is 18.3 Å². The van der Waals surface area contributed by atoms with E-state index in [-0.39, 0.29) is 11.7 Å². The van der Waals surface area contributed by atoms with Gasteiger partial charge in [0.15, 0.2) is 0 Å². The maximum Gasteiger partial charge on any atom is 0.132 e. The Kier molecular flexibility index (Phi) is 4.19. The largest absolute Gasteiger partial charge is 0.497 e. The van der Waals surface area contributed by atoms with E-state index in [9.17, 15) is 9.50 Å². The van der Waals surface area contributed by atoms with Crippen LogP contribution in [0.2, 0.25) is 0 Å². The number of rotatable bonds is 6. The molecule has 3 nitrogen and oxygen atoms in total. The van der Waals surface area contributed by atoms with Crippen LogP contribution in [0.5, 0.6) is 5.75 Å². The zero-order chi connectivity index (χ0) is 13.1. The van der Waals surface area contributed by atoms with Crippen molar-refractivity contribution in [3.8, 4) is 5.75 Å². The van der Waals surface area contributed by atoms with Crippen molar-refractivity contribution in [3.05, 3.63) is 29.6 Å². The van der Waals surface area contributed by atoms with Gasteiger partial charge in [0.2, 0.25) is 0 Å². The van der Waals surface area contributed by atoms with Crippen molar-refractivity contribution < 1.29 is 19.0 Å². The summed E-state index contributed by atoms with van der Waals surface area (Å²) in [6.45, 7) is 2.41. The summed E-state index contributed by atoms with van der Waals surface area (Å²) in [4.78, 5) is 0. The quantitative estimate of drug-likeness (QED) is 0.848. The van der Waals surface area contributed by atoms with Crippen molar-refractivity contribution in [2.24, 2.45) is 5.92 Å². The summed E-state index contributed by atoms with van der Waals surface area (Å²) in [7, 11) is 1.48. The minimum atomic E-state index is -0.914. The topological polar surface area (TPSA) is 38.7 Å². The first-order valence-corrected chi connectivity index (χ1v) is 6.30. The Balaban J connectivity index is 2.18. The summed E-state index contributed by atoms with van der Waals surface area (Å²) in [5.41, 5.74) is 0.279. The number of hydrogen-bond donors (Lipinski definition) is 1. The van der Waals surface area contributed by atoms with Crippen molar-refractivity contribution in [3.63, 3.8) is 0 Å². The fraction of sp³-hybridized carbons (Fsp3) is 0.571. The summed E-state index contributed by atoms with van der Waals surface area (Å²) in [6.07, 6.45) is 0.861. The molecule has 1 aliphatic carbocycles. The van der Waals surface area contributed by atoms with Crippen molar-refractivity contribution in [2.75, 3.05) is 13.7 Å². The third-order valence-corrected chi connectivity index (χ3v) is 3.28. The summed E-state index contributed by atoms with van der Waals surface area (Å²) in [5, 5.41) is 10.3. The van der Waals surface area contributed by atoms with Gasteiger partial charge in [0.05, 0.1) is 13.2 Å². The van der Waals surface area contributed by atoms with Crippen LogP contribution < -0.4 is 4.74 Å². The molecule has 0 radical (unpaired) electrons. The number of aliphatic hydroxyl groups excluding tert-OH is 1. The molecule has 0 heterocycles. The highest BCUT2D eigenvalue weighted by molar-refractivity contribution is 5.30. The Bertz CT molecular complexity index is 404. The predicted molar refractivity (Wildman–Crippen MR) is 66.0 cm³/mol. The number of aliphatic hydroxyl groups is 1. The molecule has 18 heavy (non-hydrogen) atoms. The Morgan fingerprint density at radius 1 is 1.44 bits per heavy atom. The van der Waals surface area contributed by atoms with E-state index >= 15 is 0 Å². The van der Waals surface area contributed by atoms with E-state index in [2.05, 4.69) is 0 Å². The average molecular weight is 254 g/mol. The minimum absolute atomic E-state index is 0.279. The lowest BCUT2D eigenvalue weighted by Crippen LogP contribution is -2.25. The van der Waals surface area contributed by atoms with Gasteiger partial charge in [-0.25, -0.2) is 4.39 Å². The fourth-order valence-corrected chi connectivity index (χ4v) is 2.15. The van der Waals surface area contributed by atoms with Gasteiger partial charge < -0.3 is 14.6 Å². The monoisotopic (exact) mass is 254 g/mol. The van der Waals surface area contributed by atoms with Crippen LogP contribution in [-0.2, 0) is 4.74 Å². The summed E-state index contributed by atoms with van der Waals surface area (Å²) < 4.78 is 24.4. The lowest BCUT2D eigenvalue weighted by atomic mass is 10.00. The van der Waals surface area contributed by atoms with Crippen LogP contribution in [0.25, 0.3) is 0 Å². The van der Waals surface area contributed by atoms with Gasteiger partial charge in [0.1, 0.15) is 17.7 Å². The molecule has 1 fully saturated rings. The van der Waals surface area contributed by atoms with Gasteiger partial charge in [0, 0.05) is 18.2 Å². The molecular formula is C14H19FO3. The van der Waals surface area contributed by atoms with E-state index < -0.39 is 11.9 Å². The number of ether oxygens (including phenoxy) is 2. The fourth-order valence-electron chi connectivity index (χ4n) is 2.15. The second-order valence-electron chi connectivity index (χ2n) is 4.59. The van der Waals surface area contributed by atoms with Crippen LogP contribution in [0.4, 0.5) is 4.39 Å². The van der Waals surface area contributed by atoms with E-state index in [0.717, 1.165) is 12.8 Å². The molecule has 2 unspecified atom stereocenters. The van der Waals surface area contributed by atoms with Crippen molar-refractivity contribution in [1.82, 2.24) is 0 Å². The van der Waals surface area contributed by atoms with E-state index in [1.54, 1.807) is 12.1 Å². The second-order valence-corrected chi connectivity index (χ2v) is 4.59. The summed E-state index contributed by atoms with van der Waals surface area (Å²) in [6, 6.07) is 4.50. The lowest BCUT2D eigenvalue weighted by Gasteiger charge is -2.23. The molecule has 4 heteroatoms. The normalized spacial score (nSPS) is 18.4. The third-order valence-electron chi connectivity index (χ3n) is 3.28. The summed E-state index contributed by atoms with van der Waals surface area (Å²) in [5.74, 6) is 0.344. The molecule has 0 bridgehead atoms. The average Bonchev–Trinajstić information content (AvgIpc) is 3.19. The van der Waals surface area contributed by atoms with Crippen LogP contribution in [0, 0.1) is 11.7 Å². The molecule has 1 N–H and O–H groups in total. The zero-order valence-electron chi connectivity index (χ0n) is 10.7. The Labute approximate surface area is 107 Å². The Morgan fingerprint density at radius 2 is 2.17 bits per heavy atom. The molecule has 0 spiro atoms. The highest BCUT2D eigenvalue weighted by Crippen LogP contribution is 2.40. The molecule has 2 atom stereocenters. The number of methoxy groups -OCH3 is 1. The Hall–Kier alpha value is -1.13. The standard InChI is InChI=1S/C14H19FO3/c1-3-18-14(9-4-5-9)13(16)11-7-6-10(17-2)8-12(11)15/h6-9,13-14,16H,3-5H2,1-2H3.